The van der Waals surface area contributed by atoms with Crippen molar-refractivity contribution < 1.29 is 9.90 Å². The van der Waals surface area contributed by atoms with Gasteiger partial charge in [0.25, 0.3) is 0 Å². The molecule has 102 valence electrons. The van der Waals surface area contributed by atoms with Crippen LogP contribution in [-0.2, 0) is 0 Å². The Morgan fingerprint density at radius 2 is 2.06 bits per heavy atom. The van der Waals surface area contributed by atoms with E-state index in [0.717, 1.165) is 11.6 Å². The largest absolute Gasteiger partial charge is 0.477 e. The van der Waals surface area contributed by atoms with E-state index in [-0.39, 0.29) is 11.5 Å². The third-order valence-electron chi connectivity index (χ3n) is 3.44. The predicted octanol–water partition coefficient (Wildman–Crippen LogP) is 3.59. The van der Waals surface area contributed by atoms with Gasteiger partial charge in [0.1, 0.15) is 4.88 Å². The van der Waals surface area contributed by atoms with E-state index in [1.165, 1.54) is 11.3 Å². The molecular formula is C13H22N2O2S. The van der Waals surface area contributed by atoms with Crippen molar-refractivity contribution in [3.63, 3.8) is 0 Å². The second kappa shape index (κ2) is 5.26. The summed E-state index contributed by atoms with van der Waals surface area (Å²) < 4.78 is 0. The lowest BCUT2D eigenvalue weighted by Gasteiger charge is -2.34. The Hall–Kier alpha value is -1.10. The standard InChI is InChI=1S/C13H22N2O2S/c1-7-13(4,5)15(6)12-14-9(8(2)3)10(18-12)11(16)17/h8H,7H2,1-6H3,(H,16,17). The van der Waals surface area contributed by atoms with Crippen LogP contribution in [0.4, 0.5) is 5.13 Å². The molecule has 0 aromatic carbocycles. The van der Waals surface area contributed by atoms with Crippen molar-refractivity contribution in [1.82, 2.24) is 4.98 Å². The summed E-state index contributed by atoms with van der Waals surface area (Å²) in [6.45, 7) is 10.3. The van der Waals surface area contributed by atoms with Gasteiger partial charge in [-0.15, -0.1) is 0 Å². The molecule has 5 heteroatoms. The van der Waals surface area contributed by atoms with Gasteiger partial charge in [-0.1, -0.05) is 32.1 Å². The number of aromatic nitrogens is 1. The lowest BCUT2D eigenvalue weighted by Crippen LogP contribution is -2.40. The Morgan fingerprint density at radius 1 is 1.50 bits per heavy atom. The first kappa shape index (κ1) is 15.0. The zero-order chi connectivity index (χ0) is 14.1. The van der Waals surface area contributed by atoms with Gasteiger partial charge in [0.15, 0.2) is 5.13 Å². The van der Waals surface area contributed by atoms with E-state index in [0.29, 0.717) is 10.6 Å². The fourth-order valence-electron chi connectivity index (χ4n) is 1.50. The molecule has 0 amide bonds. The molecule has 0 fully saturated rings. The highest BCUT2D eigenvalue weighted by Gasteiger charge is 2.27. The topological polar surface area (TPSA) is 53.4 Å². The number of aromatic carboxylic acids is 1. The highest BCUT2D eigenvalue weighted by atomic mass is 32.1. The van der Waals surface area contributed by atoms with Gasteiger partial charge in [0.2, 0.25) is 0 Å². The maximum Gasteiger partial charge on any atom is 0.347 e. The van der Waals surface area contributed by atoms with Crippen molar-refractivity contribution in [1.29, 1.82) is 0 Å². The number of anilines is 1. The molecule has 0 saturated heterocycles. The predicted molar refractivity (Wildman–Crippen MR) is 75.9 cm³/mol. The number of hydrogen-bond donors (Lipinski definition) is 1. The van der Waals surface area contributed by atoms with Crippen molar-refractivity contribution in [2.45, 2.75) is 52.5 Å². The molecule has 0 aliphatic rings. The number of rotatable bonds is 5. The smallest absolute Gasteiger partial charge is 0.347 e. The highest BCUT2D eigenvalue weighted by molar-refractivity contribution is 7.17. The molecule has 1 N–H and O–H groups in total. The van der Waals surface area contributed by atoms with E-state index in [1.54, 1.807) is 0 Å². The van der Waals surface area contributed by atoms with Crippen molar-refractivity contribution >= 4 is 22.4 Å². The summed E-state index contributed by atoms with van der Waals surface area (Å²) in [5.74, 6) is -0.760. The minimum absolute atomic E-state index is 0.0259. The average molecular weight is 270 g/mol. The van der Waals surface area contributed by atoms with E-state index in [1.807, 2.05) is 20.9 Å². The number of carboxylic acids is 1. The molecule has 1 aromatic heterocycles. The van der Waals surface area contributed by atoms with E-state index in [4.69, 9.17) is 0 Å². The van der Waals surface area contributed by atoms with Gasteiger partial charge in [-0.05, 0) is 26.2 Å². The minimum Gasteiger partial charge on any atom is -0.477 e. The lowest BCUT2D eigenvalue weighted by molar-refractivity contribution is 0.0700. The van der Waals surface area contributed by atoms with Crippen LogP contribution in [-0.4, -0.2) is 28.6 Å². The Bertz CT molecular complexity index is 438. The van der Waals surface area contributed by atoms with Gasteiger partial charge < -0.3 is 10.0 Å². The Morgan fingerprint density at radius 3 is 2.39 bits per heavy atom. The van der Waals surface area contributed by atoms with Gasteiger partial charge >= 0.3 is 5.97 Å². The van der Waals surface area contributed by atoms with Crippen LogP contribution in [0.1, 0.15) is 62.3 Å². The average Bonchev–Trinajstić information content (AvgIpc) is 2.72. The fraction of sp³-hybridized carbons (Fsp3) is 0.692. The first-order chi connectivity index (χ1) is 8.20. The summed E-state index contributed by atoms with van der Waals surface area (Å²) in [5.41, 5.74) is 0.656. The molecule has 1 heterocycles. The van der Waals surface area contributed by atoms with Crippen LogP contribution in [0.3, 0.4) is 0 Å². The molecule has 0 radical (unpaired) electrons. The summed E-state index contributed by atoms with van der Waals surface area (Å²) >= 11 is 1.26. The van der Waals surface area contributed by atoms with Crippen LogP contribution in [0.25, 0.3) is 0 Å². The van der Waals surface area contributed by atoms with Crippen LogP contribution < -0.4 is 4.90 Å². The number of nitrogens with zero attached hydrogens (tertiary/aromatic N) is 2. The lowest BCUT2D eigenvalue weighted by atomic mass is 10.0. The number of carbonyl (C=O) groups is 1. The van der Waals surface area contributed by atoms with Crippen molar-refractivity contribution in [3.05, 3.63) is 10.6 Å². The molecule has 0 aliphatic carbocycles. The molecule has 0 aliphatic heterocycles. The molecule has 0 atom stereocenters. The van der Waals surface area contributed by atoms with Gasteiger partial charge in [-0.2, -0.15) is 0 Å². The monoisotopic (exact) mass is 270 g/mol. The molecule has 1 rings (SSSR count). The Balaban J connectivity index is 3.20. The second-order valence-electron chi connectivity index (χ2n) is 5.40. The molecule has 0 bridgehead atoms. The summed E-state index contributed by atoms with van der Waals surface area (Å²) in [6.07, 6.45) is 0.975. The zero-order valence-corrected chi connectivity index (χ0v) is 12.8. The van der Waals surface area contributed by atoms with Gasteiger partial charge in [0, 0.05) is 12.6 Å². The number of carboxylic acid groups (broad SMARTS) is 1. The zero-order valence-electron chi connectivity index (χ0n) is 11.9. The van der Waals surface area contributed by atoms with Crippen molar-refractivity contribution in [2.24, 2.45) is 0 Å². The number of thiazole rings is 1. The quantitative estimate of drug-likeness (QED) is 0.888. The first-order valence-corrected chi connectivity index (χ1v) is 7.00. The molecule has 4 nitrogen and oxygen atoms in total. The number of hydrogen-bond acceptors (Lipinski definition) is 4. The van der Waals surface area contributed by atoms with Crippen LogP contribution >= 0.6 is 11.3 Å². The van der Waals surface area contributed by atoms with Crippen LogP contribution in [0.15, 0.2) is 0 Å². The Kier molecular flexibility index (Phi) is 4.37. The minimum atomic E-state index is -0.884. The SMILES string of the molecule is CCC(C)(C)N(C)c1nc(C(C)C)c(C(=O)O)s1. The highest BCUT2D eigenvalue weighted by Crippen LogP contribution is 2.33. The maximum atomic E-state index is 11.2. The summed E-state index contributed by atoms with van der Waals surface area (Å²) in [6, 6.07) is 0. The third kappa shape index (κ3) is 2.83. The van der Waals surface area contributed by atoms with E-state index in [9.17, 15) is 9.90 Å². The van der Waals surface area contributed by atoms with Crippen molar-refractivity contribution in [2.75, 3.05) is 11.9 Å². The van der Waals surface area contributed by atoms with Gasteiger partial charge in [-0.3, -0.25) is 0 Å². The summed E-state index contributed by atoms with van der Waals surface area (Å²) in [7, 11) is 1.97. The fourth-order valence-corrected chi connectivity index (χ4v) is 2.69. The van der Waals surface area contributed by atoms with Gasteiger partial charge in [0.05, 0.1) is 5.69 Å². The maximum absolute atomic E-state index is 11.2. The van der Waals surface area contributed by atoms with Gasteiger partial charge in [-0.25, -0.2) is 9.78 Å². The Labute approximate surface area is 113 Å². The first-order valence-electron chi connectivity index (χ1n) is 6.18. The van der Waals surface area contributed by atoms with E-state index in [2.05, 4.69) is 30.7 Å². The summed E-state index contributed by atoms with van der Waals surface area (Å²) in [4.78, 5) is 18.2. The molecule has 18 heavy (non-hydrogen) atoms. The molecular weight excluding hydrogens is 248 g/mol. The van der Waals surface area contributed by atoms with Crippen LogP contribution in [0.2, 0.25) is 0 Å². The summed E-state index contributed by atoms with van der Waals surface area (Å²) in [5, 5.41) is 10.0. The molecule has 0 spiro atoms. The van der Waals surface area contributed by atoms with Crippen LogP contribution in [0, 0.1) is 0 Å². The normalized spacial score (nSPS) is 11.9. The van der Waals surface area contributed by atoms with E-state index < -0.39 is 5.97 Å². The van der Waals surface area contributed by atoms with Crippen LogP contribution in [0.5, 0.6) is 0 Å². The van der Waals surface area contributed by atoms with E-state index >= 15 is 0 Å². The molecule has 0 saturated carbocycles. The third-order valence-corrected chi connectivity index (χ3v) is 4.58. The molecule has 1 aromatic rings. The second-order valence-corrected chi connectivity index (χ2v) is 6.37. The van der Waals surface area contributed by atoms with Crippen molar-refractivity contribution in [3.8, 4) is 0 Å². The molecule has 0 unspecified atom stereocenters.